The summed E-state index contributed by atoms with van der Waals surface area (Å²) in [6.07, 6.45) is 0. The number of nitrogens with one attached hydrogen (secondary N) is 1. The van der Waals surface area contributed by atoms with Crippen LogP contribution >= 0.6 is 0 Å². The van der Waals surface area contributed by atoms with Gasteiger partial charge in [0.15, 0.2) is 11.6 Å². The molecule has 0 fully saturated rings. The summed E-state index contributed by atoms with van der Waals surface area (Å²) < 4.78 is 53.3. The molecule has 1 aliphatic rings. The minimum absolute atomic E-state index is 0.169. The number of rotatable bonds is 4. The summed E-state index contributed by atoms with van der Waals surface area (Å²) in [6.45, 7) is 1.20. The van der Waals surface area contributed by atoms with Crippen LogP contribution in [0, 0.1) is 11.6 Å². The van der Waals surface area contributed by atoms with Crippen molar-refractivity contribution in [3.63, 3.8) is 0 Å². The second kappa shape index (κ2) is 6.56. The van der Waals surface area contributed by atoms with Crippen LogP contribution < -0.4 is 9.62 Å². The number of hydrogen-bond donors (Lipinski definition) is 1. The number of benzene rings is 3. The van der Waals surface area contributed by atoms with E-state index in [1.807, 2.05) is 12.1 Å². The molecule has 1 aliphatic heterocycles. The summed E-state index contributed by atoms with van der Waals surface area (Å²) in [7, 11) is -3.84. The van der Waals surface area contributed by atoms with E-state index in [0.29, 0.717) is 16.6 Å². The van der Waals surface area contributed by atoms with Gasteiger partial charge in [0.2, 0.25) is 5.91 Å². The lowest BCUT2D eigenvalue weighted by Gasteiger charge is -2.20. The Balaban J connectivity index is 1.58. The Morgan fingerprint density at radius 2 is 1.79 bits per heavy atom. The van der Waals surface area contributed by atoms with E-state index in [0.717, 1.165) is 21.8 Å². The molecule has 3 aromatic carbocycles. The Bertz CT molecular complexity index is 1210. The van der Waals surface area contributed by atoms with Gasteiger partial charge >= 0.3 is 0 Å². The smallest absolute Gasteiger partial charge is 0.265 e. The molecule has 8 heteroatoms. The summed E-state index contributed by atoms with van der Waals surface area (Å²) in [4.78, 5) is 12.7. The van der Waals surface area contributed by atoms with E-state index in [1.54, 1.807) is 25.1 Å². The third-order valence-electron chi connectivity index (χ3n) is 4.79. The molecular weight excluding hydrogens is 386 g/mol. The van der Waals surface area contributed by atoms with Crippen molar-refractivity contribution in [1.82, 2.24) is 5.32 Å². The molecule has 1 N–H and O–H groups in total. The van der Waals surface area contributed by atoms with Crippen LogP contribution in [0.2, 0.25) is 0 Å². The molecule has 3 aromatic rings. The first-order valence-corrected chi connectivity index (χ1v) is 10.0. The predicted molar refractivity (Wildman–Crippen MR) is 101 cm³/mol. The van der Waals surface area contributed by atoms with Crippen molar-refractivity contribution >= 4 is 32.4 Å². The normalized spacial score (nSPS) is 15.6. The molecular formula is C20H16F2N2O3S. The summed E-state index contributed by atoms with van der Waals surface area (Å²) >= 11 is 0. The Hall–Kier alpha value is -3.00. The van der Waals surface area contributed by atoms with Gasteiger partial charge in [0.25, 0.3) is 10.0 Å². The van der Waals surface area contributed by atoms with E-state index in [2.05, 4.69) is 5.32 Å². The number of amides is 1. The van der Waals surface area contributed by atoms with Gasteiger partial charge in [0, 0.05) is 5.39 Å². The summed E-state index contributed by atoms with van der Waals surface area (Å²) in [6, 6.07) is 12.9. The second-order valence-corrected chi connectivity index (χ2v) is 8.44. The van der Waals surface area contributed by atoms with Gasteiger partial charge in [-0.3, -0.25) is 9.10 Å². The quantitative estimate of drug-likeness (QED) is 0.726. The van der Waals surface area contributed by atoms with E-state index in [-0.39, 0.29) is 4.90 Å². The zero-order valence-electron chi connectivity index (χ0n) is 14.8. The third kappa shape index (κ3) is 2.90. The van der Waals surface area contributed by atoms with Gasteiger partial charge in [0.05, 0.1) is 16.6 Å². The molecule has 0 aliphatic carbocycles. The molecule has 0 saturated heterocycles. The molecule has 0 bridgehead atoms. The van der Waals surface area contributed by atoms with Crippen LogP contribution in [0.5, 0.6) is 0 Å². The van der Waals surface area contributed by atoms with Crippen molar-refractivity contribution in [3.8, 4) is 0 Å². The summed E-state index contributed by atoms with van der Waals surface area (Å²) in [5, 5.41) is 4.00. The van der Waals surface area contributed by atoms with Crippen LogP contribution in [-0.4, -0.2) is 20.9 Å². The molecule has 5 nitrogen and oxygen atoms in total. The Kier molecular flexibility index (Phi) is 4.30. The first-order valence-electron chi connectivity index (χ1n) is 8.58. The first-order chi connectivity index (χ1) is 13.3. The zero-order chi connectivity index (χ0) is 20.1. The fourth-order valence-electron chi connectivity index (χ4n) is 3.41. The summed E-state index contributed by atoms with van der Waals surface area (Å²) in [5.74, 6) is -2.54. The lowest BCUT2D eigenvalue weighted by molar-refractivity contribution is -0.120. The van der Waals surface area contributed by atoms with Gasteiger partial charge in [-0.15, -0.1) is 0 Å². The van der Waals surface area contributed by atoms with Crippen LogP contribution in [0.4, 0.5) is 14.5 Å². The molecule has 28 heavy (non-hydrogen) atoms. The van der Waals surface area contributed by atoms with Crippen molar-refractivity contribution in [3.05, 3.63) is 71.8 Å². The Morgan fingerprint density at radius 3 is 2.50 bits per heavy atom. The number of halogens is 2. The van der Waals surface area contributed by atoms with Crippen LogP contribution in [0.15, 0.2) is 59.5 Å². The molecule has 0 spiro atoms. The Labute approximate surface area is 160 Å². The highest BCUT2D eigenvalue weighted by Gasteiger charge is 2.36. The molecule has 1 heterocycles. The molecule has 0 saturated carbocycles. The van der Waals surface area contributed by atoms with Gasteiger partial charge in [-0.1, -0.05) is 30.3 Å². The second-order valence-electron chi connectivity index (χ2n) is 6.61. The van der Waals surface area contributed by atoms with E-state index in [4.69, 9.17) is 0 Å². The van der Waals surface area contributed by atoms with Crippen molar-refractivity contribution < 1.29 is 22.0 Å². The molecule has 1 atom stereocenters. The number of sulfonamides is 1. The monoisotopic (exact) mass is 402 g/mol. The van der Waals surface area contributed by atoms with Crippen LogP contribution in [-0.2, 0) is 14.8 Å². The predicted octanol–water partition coefficient (Wildman–Crippen LogP) is 3.50. The number of carbonyl (C=O) groups is 1. The average molecular weight is 402 g/mol. The maximum absolute atomic E-state index is 13.4. The highest BCUT2D eigenvalue weighted by atomic mass is 32.2. The molecule has 144 valence electrons. The largest absolute Gasteiger partial charge is 0.348 e. The maximum atomic E-state index is 13.4. The SMILES string of the molecule is CC(NC(=O)CN1c2cccc3cccc(c23)S1(=O)=O)c1ccc(F)c(F)c1. The van der Waals surface area contributed by atoms with Gasteiger partial charge in [-0.25, -0.2) is 17.2 Å². The van der Waals surface area contributed by atoms with Gasteiger partial charge in [-0.05, 0) is 42.1 Å². The van der Waals surface area contributed by atoms with E-state index in [9.17, 15) is 22.0 Å². The third-order valence-corrected chi connectivity index (χ3v) is 6.59. The number of nitrogens with zero attached hydrogens (tertiary/aromatic N) is 1. The molecule has 0 radical (unpaired) electrons. The highest BCUT2D eigenvalue weighted by molar-refractivity contribution is 7.93. The minimum atomic E-state index is -3.84. The van der Waals surface area contributed by atoms with E-state index in [1.165, 1.54) is 12.1 Å². The van der Waals surface area contributed by atoms with Crippen molar-refractivity contribution in [2.45, 2.75) is 17.9 Å². The number of hydrogen-bond acceptors (Lipinski definition) is 3. The van der Waals surface area contributed by atoms with E-state index < -0.39 is 40.2 Å². The number of anilines is 1. The first kappa shape index (κ1) is 18.4. The zero-order valence-corrected chi connectivity index (χ0v) is 15.6. The fraction of sp³-hybridized carbons (Fsp3) is 0.150. The summed E-state index contributed by atoms with van der Waals surface area (Å²) in [5.41, 5.74) is 0.825. The average Bonchev–Trinajstić information content (AvgIpc) is 2.87. The fourth-order valence-corrected chi connectivity index (χ4v) is 5.08. The standard InChI is InChI=1S/C20H16F2N2O3S/c1-12(14-8-9-15(21)16(22)10-14)23-19(25)11-24-17-6-2-4-13-5-3-7-18(20(13)17)28(24,26)27/h2-10,12H,11H2,1H3,(H,23,25). The van der Waals surface area contributed by atoms with Gasteiger partial charge in [0.1, 0.15) is 6.54 Å². The van der Waals surface area contributed by atoms with Crippen molar-refractivity contribution in [2.24, 2.45) is 0 Å². The lowest BCUT2D eigenvalue weighted by Crippen LogP contribution is -2.39. The maximum Gasteiger partial charge on any atom is 0.265 e. The van der Waals surface area contributed by atoms with Gasteiger partial charge < -0.3 is 5.32 Å². The number of carbonyl (C=O) groups excluding carboxylic acids is 1. The molecule has 1 amide bonds. The molecule has 0 aromatic heterocycles. The topological polar surface area (TPSA) is 66.5 Å². The van der Waals surface area contributed by atoms with Crippen LogP contribution in [0.1, 0.15) is 18.5 Å². The van der Waals surface area contributed by atoms with E-state index >= 15 is 0 Å². The van der Waals surface area contributed by atoms with Crippen molar-refractivity contribution in [1.29, 1.82) is 0 Å². The van der Waals surface area contributed by atoms with Crippen LogP contribution in [0.3, 0.4) is 0 Å². The highest BCUT2D eigenvalue weighted by Crippen LogP contribution is 2.41. The van der Waals surface area contributed by atoms with Crippen LogP contribution in [0.25, 0.3) is 10.8 Å². The van der Waals surface area contributed by atoms with Gasteiger partial charge in [-0.2, -0.15) is 0 Å². The van der Waals surface area contributed by atoms with Crippen molar-refractivity contribution in [2.75, 3.05) is 10.8 Å². The molecule has 1 unspecified atom stereocenters. The minimum Gasteiger partial charge on any atom is -0.348 e. The Morgan fingerprint density at radius 1 is 1.07 bits per heavy atom. The lowest BCUT2D eigenvalue weighted by atomic mass is 10.1. The molecule has 4 rings (SSSR count).